The average molecular weight is 373 g/mol. The first-order valence-corrected chi connectivity index (χ1v) is 8.30. The van der Waals surface area contributed by atoms with E-state index >= 15 is 0 Å². The number of hydrogen-bond acceptors (Lipinski definition) is 3. The number of nitrogens with zero attached hydrogens (tertiary/aromatic N) is 1. The van der Waals surface area contributed by atoms with Gasteiger partial charge in [0.15, 0.2) is 6.61 Å². The maximum Gasteiger partial charge on any atom is 0.422 e. The Hall–Kier alpha value is -2.45. The van der Waals surface area contributed by atoms with Gasteiger partial charge in [-0.15, -0.1) is 0 Å². The second kappa shape index (κ2) is 8.29. The second-order valence-corrected chi connectivity index (χ2v) is 6.31. The molecule has 0 unspecified atom stereocenters. The minimum Gasteiger partial charge on any atom is -0.484 e. The quantitative estimate of drug-likeness (QED) is 0.832. The Bertz CT molecular complexity index is 626. The number of piperidine rings is 1. The summed E-state index contributed by atoms with van der Waals surface area (Å²) in [7, 11) is 0. The van der Waals surface area contributed by atoms with Crippen LogP contribution in [0.15, 0.2) is 24.3 Å². The van der Waals surface area contributed by atoms with Crippen molar-refractivity contribution in [2.24, 2.45) is 11.7 Å². The van der Waals surface area contributed by atoms with Gasteiger partial charge in [0.05, 0.1) is 6.04 Å². The molecule has 0 bridgehead atoms. The van der Waals surface area contributed by atoms with Gasteiger partial charge in [0.1, 0.15) is 5.75 Å². The minimum absolute atomic E-state index is 0.109. The van der Waals surface area contributed by atoms with E-state index in [1.165, 1.54) is 12.1 Å². The summed E-state index contributed by atoms with van der Waals surface area (Å²) < 4.78 is 41.1. The van der Waals surface area contributed by atoms with Crippen molar-refractivity contribution >= 4 is 11.9 Å². The van der Waals surface area contributed by atoms with Gasteiger partial charge in [0.2, 0.25) is 5.91 Å². The summed E-state index contributed by atoms with van der Waals surface area (Å²) in [4.78, 5) is 25.1. The van der Waals surface area contributed by atoms with Gasteiger partial charge in [-0.1, -0.05) is 12.1 Å². The van der Waals surface area contributed by atoms with Gasteiger partial charge in [-0.2, -0.15) is 13.2 Å². The summed E-state index contributed by atoms with van der Waals surface area (Å²) >= 11 is 0. The van der Waals surface area contributed by atoms with Crippen molar-refractivity contribution in [1.29, 1.82) is 0 Å². The van der Waals surface area contributed by atoms with Crippen LogP contribution in [-0.4, -0.2) is 42.7 Å². The number of nitrogens with two attached hydrogens (primary N) is 1. The molecular formula is C17H22F3N3O3. The van der Waals surface area contributed by atoms with E-state index in [2.05, 4.69) is 10.1 Å². The summed E-state index contributed by atoms with van der Waals surface area (Å²) in [6, 6.07) is 5.50. The predicted octanol–water partition coefficient (Wildman–Crippen LogP) is 2.60. The number of nitrogens with one attached hydrogen (secondary N) is 1. The molecule has 1 aromatic carbocycles. The number of carbonyl (C=O) groups excluding carboxylic acids is 2. The maximum absolute atomic E-state index is 12.3. The molecule has 0 spiro atoms. The molecule has 1 saturated heterocycles. The Morgan fingerprint density at radius 1 is 1.27 bits per heavy atom. The third kappa shape index (κ3) is 5.82. The average Bonchev–Trinajstić information content (AvgIpc) is 2.59. The lowest BCUT2D eigenvalue weighted by Gasteiger charge is -2.31. The number of alkyl halides is 3. The highest BCUT2D eigenvalue weighted by Gasteiger charge is 2.28. The summed E-state index contributed by atoms with van der Waals surface area (Å²) in [5.74, 6) is -0.426. The summed E-state index contributed by atoms with van der Waals surface area (Å²) in [6.07, 6.45) is -3.30. The SMILES string of the molecule is C[C@@H](NC(=O)N1CCC(C(N)=O)CC1)c1ccc(OCC(F)(F)F)cc1. The zero-order valence-corrected chi connectivity index (χ0v) is 14.4. The molecule has 3 amide bonds. The Labute approximate surface area is 149 Å². The van der Waals surface area contributed by atoms with Gasteiger partial charge < -0.3 is 20.7 Å². The number of ether oxygens (including phenoxy) is 1. The highest BCUT2D eigenvalue weighted by molar-refractivity contribution is 5.78. The fraction of sp³-hybridized carbons (Fsp3) is 0.529. The van der Waals surface area contributed by atoms with Crippen molar-refractivity contribution in [3.8, 4) is 5.75 Å². The van der Waals surface area contributed by atoms with Crippen LogP contribution in [0.4, 0.5) is 18.0 Å². The monoisotopic (exact) mass is 373 g/mol. The Morgan fingerprint density at radius 3 is 2.35 bits per heavy atom. The third-order valence-electron chi connectivity index (χ3n) is 4.31. The number of benzene rings is 1. The van der Waals surface area contributed by atoms with Gasteiger partial charge >= 0.3 is 12.2 Å². The van der Waals surface area contributed by atoms with Crippen molar-refractivity contribution in [1.82, 2.24) is 10.2 Å². The molecule has 0 aromatic heterocycles. The molecule has 1 fully saturated rings. The molecule has 1 heterocycles. The van der Waals surface area contributed by atoms with Crippen molar-refractivity contribution in [3.63, 3.8) is 0 Å². The first-order chi connectivity index (χ1) is 12.2. The Balaban J connectivity index is 1.84. The van der Waals surface area contributed by atoms with E-state index in [4.69, 9.17) is 5.73 Å². The van der Waals surface area contributed by atoms with Gasteiger partial charge in [0.25, 0.3) is 0 Å². The number of halogens is 3. The summed E-state index contributed by atoms with van der Waals surface area (Å²) in [6.45, 7) is 1.34. The minimum atomic E-state index is -4.39. The fourth-order valence-electron chi connectivity index (χ4n) is 2.74. The van der Waals surface area contributed by atoms with Crippen molar-refractivity contribution in [2.45, 2.75) is 32.0 Å². The standard InChI is InChI=1S/C17H22F3N3O3/c1-11(12-2-4-14(5-3-12)26-10-17(18,19)20)22-16(25)23-8-6-13(7-9-23)15(21)24/h2-5,11,13H,6-10H2,1H3,(H2,21,24)(H,22,25)/t11-/m1/s1. The predicted molar refractivity (Wildman–Crippen MR) is 88.4 cm³/mol. The van der Waals surface area contributed by atoms with Gasteiger partial charge in [-0.25, -0.2) is 4.79 Å². The molecule has 1 aliphatic rings. The molecule has 0 radical (unpaired) electrons. The van der Waals surface area contributed by atoms with Gasteiger partial charge in [-0.05, 0) is 37.5 Å². The molecule has 0 saturated carbocycles. The highest BCUT2D eigenvalue weighted by Crippen LogP contribution is 2.22. The molecule has 0 aliphatic carbocycles. The van der Waals surface area contributed by atoms with Crippen LogP contribution in [0.5, 0.6) is 5.75 Å². The van der Waals surface area contributed by atoms with Crippen LogP contribution >= 0.6 is 0 Å². The molecule has 1 aliphatic heterocycles. The lowest BCUT2D eigenvalue weighted by Crippen LogP contribution is -2.46. The smallest absolute Gasteiger partial charge is 0.422 e. The lowest BCUT2D eigenvalue weighted by molar-refractivity contribution is -0.153. The number of carbonyl (C=O) groups is 2. The molecule has 3 N–H and O–H groups in total. The largest absolute Gasteiger partial charge is 0.484 e. The van der Waals surface area contributed by atoms with Crippen LogP contribution in [0.3, 0.4) is 0 Å². The number of likely N-dealkylation sites (tertiary alicyclic amines) is 1. The molecule has 1 aromatic rings. The maximum atomic E-state index is 12.3. The van der Waals surface area contributed by atoms with E-state index in [9.17, 15) is 22.8 Å². The topological polar surface area (TPSA) is 84.7 Å². The molecule has 144 valence electrons. The van der Waals surface area contributed by atoms with Crippen LogP contribution < -0.4 is 15.8 Å². The van der Waals surface area contributed by atoms with Crippen LogP contribution in [0.25, 0.3) is 0 Å². The van der Waals surface area contributed by atoms with E-state index in [-0.39, 0.29) is 29.6 Å². The van der Waals surface area contributed by atoms with E-state index < -0.39 is 12.8 Å². The molecule has 9 heteroatoms. The normalized spacial score (nSPS) is 16.8. The van der Waals surface area contributed by atoms with Crippen LogP contribution in [-0.2, 0) is 4.79 Å². The first kappa shape index (κ1) is 19.9. The number of rotatable bonds is 5. The van der Waals surface area contributed by atoms with Gasteiger partial charge in [-0.3, -0.25) is 4.79 Å². The molecule has 26 heavy (non-hydrogen) atoms. The number of amides is 3. The molecule has 6 nitrogen and oxygen atoms in total. The summed E-state index contributed by atoms with van der Waals surface area (Å²) in [5, 5.41) is 2.84. The third-order valence-corrected chi connectivity index (χ3v) is 4.31. The zero-order chi connectivity index (χ0) is 19.3. The second-order valence-electron chi connectivity index (χ2n) is 6.31. The number of hydrogen-bond donors (Lipinski definition) is 2. The summed E-state index contributed by atoms with van der Waals surface area (Å²) in [5.41, 5.74) is 6.01. The molecule has 2 rings (SSSR count). The van der Waals surface area contributed by atoms with Gasteiger partial charge in [0, 0.05) is 19.0 Å². The van der Waals surface area contributed by atoms with E-state index in [0.29, 0.717) is 25.9 Å². The lowest BCUT2D eigenvalue weighted by atomic mass is 9.96. The van der Waals surface area contributed by atoms with E-state index in [0.717, 1.165) is 5.56 Å². The zero-order valence-electron chi connectivity index (χ0n) is 14.4. The van der Waals surface area contributed by atoms with Crippen LogP contribution in [0, 0.1) is 5.92 Å². The fourth-order valence-corrected chi connectivity index (χ4v) is 2.74. The van der Waals surface area contributed by atoms with Crippen molar-refractivity contribution in [2.75, 3.05) is 19.7 Å². The molecule has 1 atom stereocenters. The number of primary amides is 1. The molecular weight excluding hydrogens is 351 g/mol. The Morgan fingerprint density at radius 2 is 1.85 bits per heavy atom. The van der Waals surface area contributed by atoms with Crippen molar-refractivity contribution < 1.29 is 27.5 Å². The van der Waals surface area contributed by atoms with E-state index in [1.807, 2.05) is 0 Å². The van der Waals surface area contributed by atoms with Crippen molar-refractivity contribution in [3.05, 3.63) is 29.8 Å². The van der Waals surface area contributed by atoms with Crippen LogP contribution in [0.2, 0.25) is 0 Å². The first-order valence-electron chi connectivity index (χ1n) is 8.30. The number of urea groups is 1. The Kier molecular flexibility index (Phi) is 6.33. The van der Waals surface area contributed by atoms with Crippen LogP contribution in [0.1, 0.15) is 31.4 Å². The highest BCUT2D eigenvalue weighted by atomic mass is 19.4. The van der Waals surface area contributed by atoms with E-state index in [1.54, 1.807) is 24.0 Å².